The van der Waals surface area contributed by atoms with Gasteiger partial charge >= 0.3 is 12.0 Å². The van der Waals surface area contributed by atoms with Crippen molar-refractivity contribution in [3.05, 3.63) is 29.3 Å². The Bertz CT molecular complexity index is 618. The molecule has 0 aromatic heterocycles. The second kappa shape index (κ2) is 4.49. The molecule has 1 aromatic rings. The summed E-state index contributed by atoms with van der Waals surface area (Å²) < 4.78 is 0. The van der Waals surface area contributed by atoms with Crippen molar-refractivity contribution >= 4 is 35.2 Å². The first-order valence-electron chi connectivity index (χ1n) is 6.16. The van der Waals surface area contributed by atoms with Crippen molar-refractivity contribution in [2.75, 3.05) is 4.90 Å². The van der Waals surface area contributed by atoms with Crippen molar-refractivity contribution in [3.63, 3.8) is 0 Å². The summed E-state index contributed by atoms with van der Waals surface area (Å²) in [5.41, 5.74) is 0.294. The quantitative estimate of drug-likeness (QED) is 0.843. The van der Waals surface area contributed by atoms with Gasteiger partial charge in [0, 0.05) is 0 Å². The number of urea groups is 1. The van der Waals surface area contributed by atoms with E-state index in [1.165, 1.54) is 0 Å². The second-order valence-electron chi connectivity index (χ2n) is 4.76. The summed E-state index contributed by atoms with van der Waals surface area (Å²) in [6.45, 7) is 0. The van der Waals surface area contributed by atoms with Gasteiger partial charge in [0.1, 0.15) is 12.1 Å². The Hall–Kier alpha value is -2.08. The third kappa shape index (κ3) is 1.68. The topological polar surface area (TPSA) is 77.9 Å². The molecule has 104 valence electrons. The van der Waals surface area contributed by atoms with Crippen LogP contribution in [0.5, 0.6) is 0 Å². The van der Waals surface area contributed by atoms with Crippen molar-refractivity contribution < 1.29 is 19.5 Å². The fourth-order valence-electron chi connectivity index (χ4n) is 2.78. The molecule has 20 heavy (non-hydrogen) atoms. The molecule has 2 heterocycles. The molecular weight excluding hydrogens is 284 g/mol. The summed E-state index contributed by atoms with van der Waals surface area (Å²) in [5, 5.41) is 9.41. The lowest BCUT2D eigenvalue weighted by atomic mass is 10.1. The average molecular weight is 295 g/mol. The van der Waals surface area contributed by atoms with E-state index < -0.39 is 30.0 Å². The molecule has 0 bridgehead atoms. The summed E-state index contributed by atoms with van der Waals surface area (Å²) >= 11 is 6.01. The van der Waals surface area contributed by atoms with E-state index in [1.54, 1.807) is 24.3 Å². The Balaban J connectivity index is 2.01. The molecule has 0 radical (unpaired) electrons. The predicted octanol–water partition coefficient (Wildman–Crippen LogP) is 1.72. The number of amides is 3. The third-order valence-corrected chi connectivity index (χ3v) is 4.00. The highest BCUT2D eigenvalue weighted by molar-refractivity contribution is 6.36. The van der Waals surface area contributed by atoms with Crippen molar-refractivity contribution in [1.82, 2.24) is 4.90 Å². The maximum Gasteiger partial charge on any atom is 0.332 e. The lowest BCUT2D eigenvalue weighted by molar-refractivity contribution is -0.141. The summed E-state index contributed by atoms with van der Waals surface area (Å²) in [4.78, 5) is 38.0. The number of hydrogen-bond donors (Lipinski definition) is 1. The highest BCUT2D eigenvalue weighted by atomic mass is 35.5. The van der Waals surface area contributed by atoms with Crippen LogP contribution >= 0.6 is 11.6 Å². The van der Waals surface area contributed by atoms with Crippen LogP contribution in [0.25, 0.3) is 0 Å². The molecule has 3 rings (SSSR count). The minimum Gasteiger partial charge on any atom is -0.480 e. The molecule has 2 saturated heterocycles. The van der Waals surface area contributed by atoms with Gasteiger partial charge in [-0.3, -0.25) is 9.69 Å². The Morgan fingerprint density at radius 2 is 1.95 bits per heavy atom. The third-order valence-electron chi connectivity index (χ3n) is 3.68. The molecule has 0 saturated carbocycles. The minimum absolute atomic E-state index is 0.280. The number of hydrogen-bond acceptors (Lipinski definition) is 3. The summed E-state index contributed by atoms with van der Waals surface area (Å²) in [5.74, 6) is -1.50. The van der Waals surface area contributed by atoms with Crippen molar-refractivity contribution in [1.29, 1.82) is 0 Å². The maximum atomic E-state index is 12.4. The number of benzene rings is 1. The average Bonchev–Trinajstić information content (AvgIpc) is 2.93. The molecule has 0 unspecified atom stereocenters. The molecule has 1 N–H and O–H groups in total. The van der Waals surface area contributed by atoms with Gasteiger partial charge in [0.2, 0.25) is 0 Å². The van der Waals surface area contributed by atoms with Crippen molar-refractivity contribution in [2.24, 2.45) is 0 Å². The van der Waals surface area contributed by atoms with Gasteiger partial charge in [-0.05, 0) is 25.0 Å². The zero-order valence-electron chi connectivity index (χ0n) is 10.3. The van der Waals surface area contributed by atoms with Gasteiger partial charge in [-0.2, -0.15) is 0 Å². The number of nitrogens with zero attached hydrogens (tertiary/aromatic N) is 2. The van der Waals surface area contributed by atoms with Crippen LogP contribution in [0.15, 0.2) is 24.3 Å². The number of fused-ring (bicyclic) bond motifs is 1. The molecule has 1 aromatic carbocycles. The lowest BCUT2D eigenvalue weighted by Gasteiger charge is -2.20. The van der Waals surface area contributed by atoms with Crippen LogP contribution in [-0.4, -0.2) is 40.0 Å². The van der Waals surface area contributed by atoms with E-state index in [0.29, 0.717) is 18.5 Å². The van der Waals surface area contributed by atoms with Gasteiger partial charge in [-0.25, -0.2) is 14.5 Å². The van der Waals surface area contributed by atoms with Crippen molar-refractivity contribution in [2.45, 2.75) is 24.9 Å². The second-order valence-corrected chi connectivity index (χ2v) is 5.17. The molecule has 0 spiro atoms. The molecule has 2 aliphatic rings. The zero-order valence-corrected chi connectivity index (χ0v) is 11.1. The van der Waals surface area contributed by atoms with E-state index in [4.69, 9.17) is 16.7 Å². The highest BCUT2D eigenvalue weighted by Crippen LogP contribution is 2.37. The molecule has 7 heteroatoms. The van der Waals surface area contributed by atoms with Crippen LogP contribution in [0.1, 0.15) is 12.8 Å². The molecule has 3 amide bonds. The van der Waals surface area contributed by atoms with Crippen LogP contribution in [0.4, 0.5) is 10.5 Å². The van der Waals surface area contributed by atoms with Crippen LogP contribution in [-0.2, 0) is 9.59 Å². The monoisotopic (exact) mass is 294 g/mol. The number of carboxylic acid groups (broad SMARTS) is 1. The number of carbonyl (C=O) groups is 3. The van der Waals surface area contributed by atoms with Gasteiger partial charge in [-0.1, -0.05) is 23.7 Å². The van der Waals surface area contributed by atoms with Gasteiger partial charge in [0.15, 0.2) is 0 Å². The van der Waals surface area contributed by atoms with Gasteiger partial charge in [0.25, 0.3) is 5.91 Å². The van der Waals surface area contributed by atoms with E-state index in [1.807, 2.05) is 0 Å². The normalized spacial score (nSPS) is 25.2. The van der Waals surface area contributed by atoms with Gasteiger partial charge < -0.3 is 5.11 Å². The first-order valence-corrected chi connectivity index (χ1v) is 6.53. The number of carboxylic acids is 1. The van der Waals surface area contributed by atoms with Crippen molar-refractivity contribution in [3.8, 4) is 0 Å². The van der Waals surface area contributed by atoms with Gasteiger partial charge in [0.05, 0.1) is 10.7 Å². The first-order chi connectivity index (χ1) is 9.52. The smallest absolute Gasteiger partial charge is 0.332 e. The SMILES string of the molecule is O=C(O)[C@H]1CC[C@@H]2C(=O)N(c3ccccc3Cl)C(=O)N12. The number of halogens is 1. The molecule has 2 fully saturated rings. The summed E-state index contributed by atoms with van der Waals surface area (Å²) in [6.07, 6.45) is 0.663. The molecule has 2 atom stereocenters. The number of carbonyl (C=O) groups excluding carboxylic acids is 2. The Morgan fingerprint density at radius 1 is 1.25 bits per heavy atom. The predicted molar refractivity (Wildman–Crippen MR) is 70.6 cm³/mol. The Morgan fingerprint density at radius 3 is 2.60 bits per heavy atom. The minimum atomic E-state index is -1.09. The Labute approximate surface area is 119 Å². The van der Waals surface area contributed by atoms with E-state index in [0.717, 1.165) is 9.80 Å². The first kappa shape index (κ1) is 12.9. The standard InChI is InChI=1S/C13H11ClN2O4/c14-7-3-1-2-4-8(7)16-11(17)9-5-6-10(12(18)19)15(9)13(16)20/h1-4,9-10H,5-6H2,(H,18,19)/t9-,10-/m1/s1. The number of imide groups is 1. The van der Waals surface area contributed by atoms with E-state index >= 15 is 0 Å². The fraction of sp³-hybridized carbons (Fsp3) is 0.308. The van der Waals surface area contributed by atoms with Gasteiger partial charge in [-0.15, -0.1) is 0 Å². The Kier molecular flexibility index (Phi) is 2.90. The summed E-state index contributed by atoms with van der Waals surface area (Å²) in [7, 11) is 0. The number of rotatable bonds is 2. The van der Waals surface area contributed by atoms with E-state index in [-0.39, 0.29) is 5.02 Å². The molecular formula is C13H11ClN2O4. The van der Waals surface area contributed by atoms with Crippen LogP contribution in [0.3, 0.4) is 0 Å². The molecule has 6 nitrogen and oxygen atoms in total. The maximum absolute atomic E-state index is 12.4. The van der Waals surface area contributed by atoms with Crippen LogP contribution in [0.2, 0.25) is 5.02 Å². The lowest BCUT2D eigenvalue weighted by Crippen LogP contribution is -2.42. The molecule has 2 aliphatic heterocycles. The number of para-hydroxylation sites is 1. The van der Waals surface area contributed by atoms with Crippen LogP contribution in [0, 0.1) is 0 Å². The van der Waals surface area contributed by atoms with E-state index in [9.17, 15) is 14.4 Å². The number of aliphatic carboxylic acids is 1. The highest BCUT2D eigenvalue weighted by Gasteiger charge is 2.54. The zero-order chi connectivity index (χ0) is 14.4. The van der Waals surface area contributed by atoms with E-state index in [2.05, 4.69) is 0 Å². The fourth-order valence-corrected chi connectivity index (χ4v) is 3.00. The largest absolute Gasteiger partial charge is 0.480 e. The number of anilines is 1. The molecule has 0 aliphatic carbocycles. The van der Waals surface area contributed by atoms with Crippen LogP contribution < -0.4 is 4.90 Å². The summed E-state index contributed by atoms with van der Waals surface area (Å²) in [6, 6.07) is 4.26.